The van der Waals surface area contributed by atoms with E-state index < -0.39 is 0 Å². The zero-order chi connectivity index (χ0) is 22.8. The second-order valence-corrected chi connectivity index (χ2v) is 9.17. The van der Waals surface area contributed by atoms with E-state index in [4.69, 9.17) is 14.2 Å². The van der Waals surface area contributed by atoms with Gasteiger partial charge in [0.1, 0.15) is 0 Å². The van der Waals surface area contributed by atoms with Crippen LogP contribution in [0.4, 0.5) is 0 Å². The maximum absolute atomic E-state index is 12.6. The number of benzene rings is 2. The number of hydrogen-bond donors (Lipinski definition) is 0. The molecule has 1 heterocycles. The lowest BCUT2D eigenvalue weighted by Crippen LogP contribution is -2.19. The summed E-state index contributed by atoms with van der Waals surface area (Å²) < 4.78 is 19.4. The molecule has 3 aromatic rings. The molecular weight excluding hydrogens is 444 g/mol. The van der Waals surface area contributed by atoms with E-state index in [9.17, 15) is 4.79 Å². The van der Waals surface area contributed by atoms with E-state index in [1.54, 1.807) is 14.2 Å². The zero-order valence-corrected chi connectivity index (χ0v) is 20.5. The maximum Gasteiger partial charge on any atom is 0.248 e. The molecule has 0 N–H and O–H groups in total. The van der Waals surface area contributed by atoms with Gasteiger partial charge in [0, 0.05) is 37.5 Å². The van der Waals surface area contributed by atoms with Crippen LogP contribution in [0.1, 0.15) is 25.3 Å². The molecule has 0 bridgehead atoms. The molecule has 0 unspecified atom stereocenters. The standard InChI is InChI=1S/C24H30N2O4S2/c1-4-30-13-12-26-19-15-20(28-2)21(29-3)16-22(19)32-24(26)25-23(27)11-8-14-31-17-18-9-6-5-7-10-18/h5-7,9-10,15-16H,4,8,11-14,17H2,1-3H3. The number of hydrogen-bond acceptors (Lipinski definition) is 6. The molecule has 0 aliphatic heterocycles. The molecule has 0 spiro atoms. The van der Waals surface area contributed by atoms with Gasteiger partial charge in [0.05, 0.1) is 31.0 Å². The van der Waals surface area contributed by atoms with Gasteiger partial charge in [-0.1, -0.05) is 41.7 Å². The SMILES string of the molecule is CCOCCn1c(=NC(=O)CCCSCc2ccccc2)sc2cc(OC)c(OC)cc21. The second kappa shape index (κ2) is 12.7. The minimum atomic E-state index is -0.0963. The highest BCUT2D eigenvalue weighted by Gasteiger charge is 2.13. The van der Waals surface area contributed by atoms with Crippen molar-refractivity contribution in [2.75, 3.05) is 33.2 Å². The van der Waals surface area contributed by atoms with Crippen LogP contribution in [0.25, 0.3) is 10.2 Å². The largest absolute Gasteiger partial charge is 0.493 e. The highest BCUT2D eigenvalue weighted by Crippen LogP contribution is 2.33. The number of fused-ring (bicyclic) bond motifs is 1. The first-order valence-electron chi connectivity index (χ1n) is 10.7. The van der Waals surface area contributed by atoms with E-state index in [2.05, 4.69) is 29.3 Å². The van der Waals surface area contributed by atoms with Crippen molar-refractivity contribution in [3.05, 3.63) is 52.8 Å². The molecule has 0 aliphatic carbocycles. The van der Waals surface area contributed by atoms with Gasteiger partial charge in [-0.2, -0.15) is 16.8 Å². The normalized spacial score (nSPS) is 11.8. The van der Waals surface area contributed by atoms with E-state index in [-0.39, 0.29) is 5.91 Å². The summed E-state index contributed by atoms with van der Waals surface area (Å²) in [6, 6.07) is 14.2. The van der Waals surface area contributed by atoms with Gasteiger partial charge in [-0.15, -0.1) is 0 Å². The molecule has 0 aliphatic rings. The first-order chi connectivity index (χ1) is 15.7. The van der Waals surface area contributed by atoms with Crippen molar-refractivity contribution in [1.29, 1.82) is 0 Å². The Kier molecular flexibility index (Phi) is 9.64. The lowest BCUT2D eigenvalue weighted by atomic mass is 10.2. The van der Waals surface area contributed by atoms with E-state index >= 15 is 0 Å². The van der Waals surface area contributed by atoms with Gasteiger partial charge >= 0.3 is 0 Å². The van der Waals surface area contributed by atoms with Crippen LogP contribution in [-0.2, 0) is 21.8 Å². The van der Waals surface area contributed by atoms with E-state index in [0.29, 0.717) is 42.5 Å². The summed E-state index contributed by atoms with van der Waals surface area (Å²) in [5, 5.41) is 0. The van der Waals surface area contributed by atoms with E-state index in [1.165, 1.54) is 16.9 Å². The number of carbonyl (C=O) groups is 1. The Morgan fingerprint density at radius 1 is 1.12 bits per heavy atom. The van der Waals surface area contributed by atoms with Gasteiger partial charge in [-0.3, -0.25) is 4.79 Å². The Bertz CT molecular complexity index is 1080. The molecule has 2 aromatic carbocycles. The average Bonchev–Trinajstić information content (AvgIpc) is 3.14. The average molecular weight is 475 g/mol. The smallest absolute Gasteiger partial charge is 0.248 e. The number of ether oxygens (including phenoxy) is 3. The minimum Gasteiger partial charge on any atom is -0.493 e. The van der Waals surface area contributed by atoms with Crippen LogP contribution < -0.4 is 14.3 Å². The molecule has 1 amide bonds. The molecule has 32 heavy (non-hydrogen) atoms. The Balaban J connectivity index is 1.71. The van der Waals surface area contributed by atoms with Crippen molar-refractivity contribution >= 4 is 39.2 Å². The molecule has 0 fully saturated rings. The summed E-state index contributed by atoms with van der Waals surface area (Å²) in [5.74, 6) is 3.11. The third-order valence-corrected chi connectivity index (χ3v) is 7.02. The predicted molar refractivity (Wildman–Crippen MR) is 132 cm³/mol. The predicted octanol–water partition coefficient (Wildman–Crippen LogP) is 4.90. The van der Waals surface area contributed by atoms with Crippen LogP contribution in [0.2, 0.25) is 0 Å². The molecule has 0 saturated carbocycles. The number of rotatable bonds is 12. The second-order valence-electron chi connectivity index (χ2n) is 7.06. The molecule has 1 aromatic heterocycles. The molecular formula is C24H30N2O4S2. The minimum absolute atomic E-state index is 0.0963. The van der Waals surface area contributed by atoms with Crippen LogP contribution in [0.15, 0.2) is 47.5 Å². The Hall–Kier alpha value is -2.29. The van der Waals surface area contributed by atoms with Crippen molar-refractivity contribution in [2.24, 2.45) is 4.99 Å². The van der Waals surface area contributed by atoms with Crippen molar-refractivity contribution in [2.45, 2.75) is 32.1 Å². The number of amides is 1. The fourth-order valence-corrected chi connectivity index (χ4v) is 5.26. The summed E-state index contributed by atoms with van der Waals surface area (Å²) in [5.41, 5.74) is 2.26. The van der Waals surface area contributed by atoms with Gasteiger partial charge in [-0.05, 0) is 24.7 Å². The quantitative estimate of drug-likeness (QED) is 0.350. The summed E-state index contributed by atoms with van der Waals surface area (Å²) >= 11 is 3.32. The summed E-state index contributed by atoms with van der Waals surface area (Å²) in [6.45, 7) is 3.78. The number of thioether (sulfide) groups is 1. The highest BCUT2D eigenvalue weighted by atomic mass is 32.2. The van der Waals surface area contributed by atoms with Gasteiger partial charge in [0.25, 0.3) is 0 Å². The number of methoxy groups -OCH3 is 2. The lowest BCUT2D eigenvalue weighted by molar-refractivity contribution is -0.118. The van der Waals surface area contributed by atoms with Gasteiger partial charge in [-0.25, -0.2) is 0 Å². The number of carbonyl (C=O) groups excluding carboxylic acids is 1. The molecule has 172 valence electrons. The third-order valence-electron chi connectivity index (χ3n) is 4.86. The monoisotopic (exact) mass is 474 g/mol. The summed E-state index contributed by atoms with van der Waals surface area (Å²) in [7, 11) is 3.23. The van der Waals surface area contributed by atoms with Crippen LogP contribution in [0.3, 0.4) is 0 Å². The fraction of sp³-hybridized carbons (Fsp3) is 0.417. The Labute approximate surface area is 197 Å². The van der Waals surface area contributed by atoms with Gasteiger partial charge in [0.15, 0.2) is 16.3 Å². The highest BCUT2D eigenvalue weighted by molar-refractivity contribution is 7.98. The molecule has 6 nitrogen and oxygen atoms in total. The van der Waals surface area contributed by atoms with Crippen molar-refractivity contribution in [3.63, 3.8) is 0 Å². The topological polar surface area (TPSA) is 62.1 Å². The Morgan fingerprint density at radius 2 is 1.88 bits per heavy atom. The van der Waals surface area contributed by atoms with Crippen molar-refractivity contribution < 1.29 is 19.0 Å². The molecule has 0 saturated heterocycles. The Morgan fingerprint density at radius 3 is 2.59 bits per heavy atom. The molecule has 8 heteroatoms. The van der Waals surface area contributed by atoms with Gasteiger partial charge < -0.3 is 18.8 Å². The van der Waals surface area contributed by atoms with E-state index in [0.717, 1.165) is 28.1 Å². The number of aromatic nitrogens is 1. The van der Waals surface area contributed by atoms with Crippen LogP contribution >= 0.6 is 23.1 Å². The number of nitrogens with zero attached hydrogens (tertiary/aromatic N) is 2. The lowest BCUT2D eigenvalue weighted by Gasteiger charge is -2.09. The van der Waals surface area contributed by atoms with Gasteiger partial charge in [0.2, 0.25) is 5.91 Å². The zero-order valence-electron chi connectivity index (χ0n) is 18.8. The first-order valence-corrected chi connectivity index (χ1v) is 12.7. The number of thiazole rings is 1. The maximum atomic E-state index is 12.6. The fourth-order valence-electron chi connectivity index (χ4n) is 3.25. The van der Waals surface area contributed by atoms with Crippen molar-refractivity contribution in [3.8, 4) is 11.5 Å². The summed E-state index contributed by atoms with van der Waals surface area (Å²) in [6.07, 6.45) is 1.25. The third kappa shape index (κ3) is 6.60. The molecule has 0 radical (unpaired) electrons. The van der Waals surface area contributed by atoms with Crippen molar-refractivity contribution in [1.82, 2.24) is 4.57 Å². The first kappa shape index (κ1) is 24.4. The van der Waals surface area contributed by atoms with E-state index in [1.807, 2.05) is 41.5 Å². The van der Waals surface area contributed by atoms with Crippen LogP contribution in [0.5, 0.6) is 11.5 Å². The van der Waals surface area contributed by atoms with Crippen LogP contribution in [0, 0.1) is 0 Å². The van der Waals surface area contributed by atoms with Crippen LogP contribution in [-0.4, -0.2) is 43.7 Å². The summed E-state index contributed by atoms with van der Waals surface area (Å²) in [4.78, 5) is 17.7. The molecule has 0 atom stereocenters. The molecule has 3 rings (SSSR count).